The summed E-state index contributed by atoms with van der Waals surface area (Å²) in [7, 11) is 0. The van der Waals surface area contributed by atoms with Gasteiger partial charge in [0.15, 0.2) is 5.82 Å². The molecule has 0 radical (unpaired) electrons. The first-order valence-corrected chi connectivity index (χ1v) is 9.58. The zero-order valence-corrected chi connectivity index (χ0v) is 15.4. The molecule has 0 atom stereocenters. The molecule has 2 aliphatic rings. The summed E-state index contributed by atoms with van der Waals surface area (Å²) in [6, 6.07) is 8.40. The molecule has 1 aromatic heterocycles. The van der Waals surface area contributed by atoms with E-state index in [-0.39, 0.29) is 0 Å². The Morgan fingerprint density at radius 2 is 1.63 bits per heavy atom. The highest BCUT2D eigenvalue weighted by atomic mass is 16.1. The summed E-state index contributed by atoms with van der Waals surface area (Å²) in [5, 5.41) is 11.4. The molecule has 0 unspecified atom stereocenters. The molecule has 8 nitrogen and oxygen atoms in total. The quantitative estimate of drug-likeness (QED) is 0.809. The average Bonchev–Trinajstić information content (AvgIpc) is 2.75. The molecule has 142 valence electrons. The Morgan fingerprint density at radius 1 is 0.889 bits per heavy atom. The Balaban J connectivity index is 1.40. The standard InChI is InChI=1S/C19H25N7O/c27-15-24-10-12-26(13-11-24)18-14-20-23-19(22-18)21-16-4-6-17(7-5-16)25-8-2-1-3-9-25/h4-7,14-15H,1-3,8-13H2,(H,21,22,23). The van der Waals surface area contributed by atoms with Gasteiger partial charge in [-0.15, -0.1) is 5.10 Å². The van der Waals surface area contributed by atoms with Crippen molar-refractivity contribution in [1.82, 2.24) is 20.1 Å². The van der Waals surface area contributed by atoms with Gasteiger partial charge in [-0.2, -0.15) is 10.1 Å². The number of aromatic nitrogens is 3. The number of anilines is 4. The molecule has 1 aromatic carbocycles. The van der Waals surface area contributed by atoms with Crippen molar-refractivity contribution in [2.45, 2.75) is 19.3 Å². The Kier molecular flexibility index (Phi) is 5.32. The fourth-order valence-corrected chi connectivity index (χ4v) is 3.59. The van der Waals surface area contributed by atoms with Gasteiger partial charge in [-0.05, 0) is 43.5 Å². The number of hydrogen-bond donors (Lipinski definition) is 1. The van der Waals surface area contributed by atoms with E-state index in [1.807, 2.05) is 0 Å². The smallest absolute Gasteiger partial charge is 0.249 e. The zero-order valence-electron chi connectivity index (χ0n) is 15.4. The van der Waals surface area contributed by atoms with E-state index in [0.29, 0.717) is 19.0 Å². The van der Waals surface area contributed by atoms with Crippen molar-refractivity contribution >= 4 is 29.6 Å². The normalized spacial score (nSPS) is 17.7. The number of piperazine rings is 1. The van der Waals surface area contributed by atoms with E-state index in [9.17, 15) is 4.79 Å². The summed E-state index contributed by atoms with van der Waals surface area (Å²) in [4.78, 5) is 21.8. The van der Waals surface area contributed by atoms with Crippen LogP contribution in [0.3, 0.4) is 0 Å². The number of nitrogens with zero attached hydrogens (tertiary/aromatic N) is 6. The van der Waals surface area contributed by atoms with Crippen molar-refractivity contribution in [1.29, 1.82) is 0 Å². The van der Waals surface area contributed by atoms with Gasteiger partial charge in [0.05, 0.1) is 6.20 Å². The van der Waals surface area contributed by atoms with Gasteiger partial charge in [-0.1, -0.05) is 0 Å². The van der Waals surface area contributed by atoms with E-state index in [2.05, 4.69) is 54.6 Å². The minimum Gasteiger partial charge on any atom is -0.372 e. The highest BCUT2D eigenvalue weighted by molar-refractivity contribution is 5.60. The highest BCUT2D eigenvalue weighted by Crippen LogP contribution is 2.23. The first-order chi connectivity index (χ1) is 13.3. The van der Waals surface area contributed by atoms with Crippen LogP contribution in [0.15, 0.2) is 30.5 Å². The third kappa shape index (κ3) is 4.27. The molecular formula is C19H25N7O. The summed E-state index contributed by atoms with van der Waals surface area (Å²) in [5.41, 5.74) is 2.21. The molecule has 2 aliphatic heterocycles. The maximum absolute atomic E-state index is 10.8. The van der Waals surface area contributed by atoms with Crippen LogP contribution in [0.1, 0.15) is 19.3 Å². The van der Waals surface area contributed by atoms with Crippen molar-refractivity contribution in [2.24, 2.45) is 0 Å². The number of carbonyl (C=O) groups is 1. The molecule has 1 N–H and O–H groups in total. The highest BCUT2D eigenvalue weighted by Gasteiger charge is 2.17. The maximum atomic E-state index is 10.8. The number of amides is 1. The van der Waals surface area contributed by atoms with Crippen LogP contribution < -0.4 is 15.1 Å². The Hall–Kier alpha value is -2.90. The van der Waals surface area contributed by atoms with Gasteiger partial charge in [0.25, 0.3) is 0 Å². The fraction of sp³-hybridized carbons (Fsp3) is 0.474. The zero-order chi connectivity index (χ0) is 18.5. The van der Waals surface area contributed by atoms with Crippen LogP contribution in [0.4, 0.5) is 23.1 Å². The van der Waals surface area contributed by atoms with Gasteiger partial charge < -0.3 is 20.0 Å². The summed E-state index contributed by atoms with van der Waals surface area (Å²) < 4.78 is 0. The lowest BCUT2D eigenvalue weighted by molar-refractivity contribution is -0.118. The van der Waals surface area contributed by atoms with Crippen LogP contribution in [-0.4, -0.2) is 65.8 Å². The van der Waals surface area contributed by atoms with Crippen molar-refractivity contribution in [3.8, 4) is 0 Å². The molecule has 3 heterocycles. The van der Waals surface area contributed by atoms with Crippen LogP contribution in [0.5, 0.6) is 0 Å². The molecule has 0 saturated carbocycles. The van der Waals surface area contributed by atoms with Crippen LogP contribution >= 0.6 is 0 Å². The lowest BCUT2D eigenvalue weighted by Gasteiger charge is -2.33. The van der Waals surface area contributed by atoms with Crippen molar-refractivity contribution in [3.05, 3.63) is 30.5 Å². The van der Waals surface area contributed by atoms with E-state index in [1.165, 1.54) is 24.9 Å². The first-order valence-electron chi connectivity index (χ1n) is 9.58. The van der Waals surface area contributed by atoms with Crippen molar-refractivity contribution in [3.63, 3.8) is 0 Å². The van der Waals surface area contributed by atoms with E-state index in [0.717, 1.165) is 44.1 Å². The lowest BCUT2D eigenvalue weighted by atomic mass is 10.1. The van der Waals surface area contributed by atoms with E-state index < -0.39 is 0 Å². The van der Waals surface area contributed by atoms with Crippen LogP contribution in [0, 0.1) is 0 Å². The summed E-state index contributed by atoms with van der Waals surface area (Å²) in [6.07, 6.45) is 6.44. The second-order valence-corrected chi connectivity index (χ2v) is 6.99. The van der Waals surface area contributed by atoms with Gasteiger partial charge in [0.2, 0.25) is 12.4 Å². The number of hydrogen-bond acceptors (Lipinski definition) is 7. The predicted octanol–water partition coefficient (Wildman–Crippen LogP) is 1.88. The second kappa shape index (κ2) is 8.20. The molecular weight excluding hydrogens is 342 g/mol. The van der Waals surface area contributed by atoms with Crippen LogP contribution in [-0.2, 0) is 4.79 Å². The van der Waals surface area contributed by atoms with Crippen LogP contribution in [0.25, 0.3) is 0 Å². The van der Waals surface area contributed by atoms with Gasteiger partial charge in [0.1, 0.15) is 0 Å². The van der Waals surface area contributed by atoms with Crippen molar-refractivity contribution in [2.75, 3.05) is 54.4 Å². The molecule has 27 heavy (non-hydrogen) atoms. The minimum absolute atomic E-state index is 0.482. The van der Waals surface area contributed by atoms with E-state index in [1.54, 1.807) is 11.1 Å². The predicted molar refractivity (Wildman–Crippen MR) is 105 cm³/mol. The van der Waals surface area contributed by atoms with Gasteiger partial charge >= 0.3 is 0 Å². The van der Waals surface area contributed by atoms with E-state index in [4.69, 9.17) is 0 Å². The molecule has 1 amide bonds. The molecule has 0 spiro atoms. The maximum Gasteiger partial charge on any atom is 0.249 e. The monoisotopic (exact) mass is 367 g/mol. The number of nitrogens with one attached hydrogen (secondary N) is 1. The van der Waals surface area contributed by atoms with Gasteiger partial charge in [-0.3, -0.25) is 4.79 Å². The number of benzene rings is 1. The Labute approximate surface area is 159 Å². The SMILES string of the molecule is O=CN1CCN(c2cnnc(Nc3ccc(N4CCCCC4)cc3)n2)CC1. The average molecular weight is 367 g/mol. The number of piperidine rings is 1. The molecule has 4 rings (SSSR count). The Morgan fingerprint density at radius 3 is 2.33 bits per heavy atom. The van der Waals surface area contributed by atoms with Crippen LogP contribution in [0.2, 0.25) is 0 Å². The summed E-state index contributed by atoms with van der Waals surface area (Å²) >= 11 is 0. The third-order valence-corrected chi connectivity index (χ3v) is 5.18. The summed E-state index contributed by atoms with van der Waals surface area (Å²) in [6.45, 7) is 5.18. The second-order valence-electron chi connectivity index (χ2n) is 6.99. The molecule has 2 saturated heterocycles. The molecule has 2 aromatic rings. The molecule has 0 aliphatic carbocycles. The number of carbonyl (C=O) groups excluding carboxylic acids is 1. The largest absolute Gasteiger partial charge is 0.372 e. The molecule has 2 fully saturated rings. The molecule has 0 bridgehead atoms. The topological polar surface area (TPSA) is 77.5 Å². The first kappa shape index (κ1) is 17.5. The summed E-state index contributed by atoms with van der Waals surface area (Å²) in [5.74, 6) is 1.26. The molecule has 8 heteroatoms. The third-order valence-electron chi connectivity index (χ3n) is 5.18. The van der Waals surface area contributed by atoms with E-state index >= 15 is 0 Å². The van der Waals surface area contributed by atoms with Crippen molar-refractivity contribution < 1.29 is 4.79 Å². The van der Waals surface area contributed by atoms with Gasteiger partial charge in [0, 0.05) is 50.6 Å². The minimum atomic E-state index is 0.482. The lowest BCUT2D eigenvalue weighted by Crippen LogP contribution is -2.46. The van der Waals surface area contributed by atoms with Gasteiger partial charge in [-0.25, -0.2) is 0 Å². The fourth-order valence-electron chi connectivity index (χ4n) is 3.59. The Bertz CT molecular complexity index is 753. The number of rotatable bonds is 5.